The summed E-state index contributed by atoms with van der Waals surface area (Å²) in [6.45, 7) is 12.7. The van der Waals surface area contributed by atoms with E-state index in [1.807, 2.05) is 0 Å². The van der Waals surface area contributed by atoms with Crippen LogP contribution < -0.4 is 10.6 Å². The van der Waals surface area contributed by atoms with Crippen molar-refractivity contribution in [2.24, 2.45) is 11.8 Å². The average Bonchev–Trinajstić information content (AvgIpc) is 2.78. The maximum atomic E-state index is 13.0. The van der Waals surface area contributed by atoms with Crippen LogP contribution >= 0.6 is 0 Å². The molecule has 0 aromatic carbocycles. The number of carbonyl (C=O) groups is 3. The first-order valence-corrected chi connectivity index (χ1v) is 9.21. The van der Waals surface area contributed by atoms with Crippen molar-refractivity contribution < 1.29 is 24.0 Å². The molecule has 0 unspecified atom stereocenters. The van der Waals surface area contributed by atoms with E-state index in [1.165, 1.54) is 0 Å². The van der Waals surface area contributed by atoms with Crippen LogP contribution in [0.2, 0.25) is 0 Å². The molecule has 26 heavy (non-hydrogen) atoms. The third-order valence-electron chi connectivity index (χ3n) is 5.05. The Morgan fingerprint density at radius 3 is 2.04 bits per heavy atom. The topological polar surface area (TPSA) is 98.7 Å². The first kappa shape index (κ1) is 20.2. The molecular formula is C18H31N4O4+. The summed E-state index contributed by atoms with van der Waals surface area (Å²) in [6.07, 6.45) is 0.347. The highest BCUT2D eigenvalue weighted by atomic mass is 16.4. The molecule has 8 nitrogen and oxygen atoms in total. The smallest absolute Gasteiger partial charge is 0.429 e. The molecule has 0 saturated heterocycles. The minimum Gasteiger partial charge on any atom is -0.465 e. The molecular weight excluding hydrogens is 336 g/mol. The second kappa shape index (κ2) is 6.90. The van der Waals surface area contributed by atoms with Crippen LogP contribution in [-0.4, -0.2) is 51.3 Å². The molecule has 0 aromatic heterocycles. The van der Waals surface area contributed by atoms with E-state index in [0.29, 0.717) is 30.7 Å². The number of carboxylic acid groups (broad SMARTS) is 1. The molecule has 0 fully saturated rings. The lowest BCUT2D eigenvalue weighted by Crippen LogP contribution is -2.64. The van der Waals surface area contributed by atoms with Crippen molar-refractivity contribution in [3.63, 3.8) is 0 Å². The van der Waals surface area contributed by atoms with E-state index in [-0.39, 0.29) is 16.2 Å². The number of urea groups is 1. The highest BCUT2D eigenvalue weighted by molar-refractivity contribution is 6.06. The maximum absolute atomic E-state index is 13.0. The summed E-state index contributed by atoms with van der Waals surface area (Å²) in [5.74, 6) is 0.507. The van der Waals surface area contributed by atoms with Crippen LogP contribution in [-0.2, 0) is 4.79 Å². The summed E-state index contributed by atoms with van der Waals surface area (Å²) in [6, 6.07) is -0.384. The van der Waals surface area contributed by atoms with Gasteiger partial charge >= 0.3 is 12.1 Å². The van der Waals surface area contributed by atoms with Crippen LogP contribution in [0.1, 0.15) is 54.4 Å². The Morgan fingerprint density at radius 1 is 1.12 bits per heavy atom. The molecule has 2 heterocycles. The van der Waals surface area contributed by atoms with Gasteiger partial charge in [0, 0.05) is 0 Å². The van der Waals surface area contributed by atoms with Gasteiger partial charge in [-0.1, -0.05) is 27.7 Å². The molecule has 0 aromatic rings. The van der Waals surface area contributed by atoms with Crippen LogP contribution in [0.15, 0.2) is 11.5 Å². The zero-order valence-electron chi connectivity index (χ0n) is 16.5. The number of hydrogen-bond acceptors (Lipinski definition) is 4. The van der Waals surface area contributed by atoms with Gasteiger partial charge < -0.3 is 10.4 Å². The third-order valence-corrected chi connectivity index (χ3v) is 5.05. The Hall–Kier alpha value is -2.09. The Kier molecular flexibility index (Phi) is 5.37. The monoisotopic (exact) mass is 367 g/mol. The first-order chi connectivity index (χ1) is 11.9. The lowest BCUT2D eigenvalue weighted by atomic mass is 10.1. The molecule has 2 aliphatic heterocycles. The maximum Gasteiger partial charge on any atom is 0.429 e. The molecule has 2 rings (SSSR count). The number of quaternary nitrogens is 1. The Bertz CT molecular complexity index is 640. The van der Waals surface area contributed by atoms with Crippen LogP contribution in [0.5, 0.6) is 0 Å². The summed E-state index contributed by atoms with van der Waals surface area (Å²) in [5.41, 5.74) is -0.966. The number of imide groups is 1. The molecule has 2 aliphatic rings. The van der Waals surface area contributed by atoms with Crippen molar-refractivity contribution in [1.82, 2.24) is 15.5 Å². The van der Waals surface area contributed by atoms with Gasteiger partial charge in [0.25, 0.3) is 5.91 Å². The molecule has 8 heteroatoms. The number of nitrogens with zero attached hydrogens (tertiary/aromatic N) is 2. The number of rotatable bonds is 6. The van der Waals surface area contributed by atoms with Crippen molar-refractivity contribution >= 4 is 18.0 Å². The van der Waals surface area contributed by atoms with Gasteiger partial charge in [0.15, 0.2) is 5.70 Å². The molecule has 0 aliphatic carbocycles. The predicted octanol–water partition coefficient (Wildman–Crippen LogP) is 2.63. The van der Waals surface area contributed by atoms with Gasteiger partial charge in [-0.25, -0.2) is 19.8 Å². The van der Waals surface area contributed by atoms with E-state index >= 15 is 0 Å². The zero-order chi connectivity index (χ0) is 19.9. The molecule has 0 bridgehead atoms. The minimum absolute atomic E-state index is 0.0367. The summed E-state index contributed by atoms with van der Waals surface area (Å²) >= 11 is 0. The SMILES string of the molecule is CC(C)CC[N+]1(CCC(C)C)C(=O)NC(=O)C2=C1NC(C)(C)N2C(=O)O. The predicted molar refractivity (Wildman–Crippen MR) is 96.5 cm³/mol. The van der Waals surface area contributed by atoms with Gasteiger partial charge in [-0.15, -0.1) is 0 Å². The Morgan fingerprint density at radius 2 is 1.62 bits per heavy atom. The molecule has 146 valence electrons. The largest absolute Gasteiger partial charge is 0.465 e. The second-order valence-corrected chi connectivity index (χ2v) is 8.54. The fourth-order valence-corrected chi connectivity index (χ4v) is 3.50. The van der Waals surface area contributed by atoms with Crippen molar-refractivity contribution in [2.75, 3.05) is 13.1 Å². The van der Waals surface area contributed by atoms with E-state index in [2.05, 4.69) is 38.3 Å². The third kappa shape index (κ3) is 3.42. The van der Waals surface area contributed by atoms with Crippen molar-refractivity contribution in [3.05, 3.63) is 11.5 Å². The van der Waals surface area contributed by atoms with Crippen molar-refractivity contribution in [1.29, 1.82) is 0 Å². The Balaban J connectivity index is 2.60. The minimum atomic E-state index is -1.22. The van der Waals surface area contributed by atoms with Gasteiger partial charge in [-0.3, -0.25) is 4.79 Å². The molecule has 0 radical (unpaired) electrons. The van der Waals surface area contributed by atoms with E-state index < -0.39 is 17.7 Å². The Labute approximate surface area is 154 Å². The quantitative estimate of drug-likeness (QED) is 0.627. The molecule has 0 spiro atoms. The standard InChI is InChI=1S/C18H30N4O4/c1-11(2)7-9-22(10-8-12(3)4)14-13(15(23)19-16(22)24)21(17(25)26)18(5,6)20-14/h11-12H,7-10H2,1-6H3,(H2-,19,20,23,24,25,26)/p+1. The summed E-state index contributed by atoms with van der Waals surface area (Å²) < 4.78 is -0.0648. The number of carbonyl (C=O) groups excluding carboxylic acids is 2. The molecule has 4 amide bonds. The number of nitrogens with one attached hydrogen (secondary N) is 2. The van der Waals surface area contributed by atoms with Crippen molar-refractivity contribution in [2.45, 2.75) is 60.0 Å². The molecule has 0 atom stereocenters. The van der Waals surface area contributed by atoms with Gasteiger partial charge in [-0.05, 0) is 38.5 Å². The van der Waals surface area contributed by atoms with E-state index in [9.17, 15) is 19.5 Å². The van der Waals surface area contributed by atoms with Crippen molar-refractivity contribution in [3.8, 4) is 0 Å². The average molecular weight is 367 g/mol. The molecule has 0 saturated carbocycles. The van der Waals surface area contributed by atoms with Gasteiger partial charge in [0.05, 0.1) is 13.1 Å². The number of amides is 4. The summed E-state index contributed by atoms with van der Waals surface area (Å²) in [7, 11) is 0. The normalized spacial score (nSPS) is 21.2. The van der Waals surface area contributed by atoms with Crippen LogP contribution in [0.25, 0.3) is 0 Å². The number of hydrogen-bond donors (Lipinski definition) is 3. The second-order valence-electron chi connectivity index (χ2n) is 8.54. The van der Waals surface area contributed by atoms with E-state index in [4.69, 9.17) is 0 Å². The highest BCUT2D eigenvalue weighted by Gasteiger charge is 2.58. The van der Waals surface area contributed by atoms with Crippen LogP contribution in [0, 0.1) is 11.8 Å². The van der Waals surface area contributed by atoms with E-state index in [0.717, 1.165) is 17.7 Å². The zero-order valence-corrected chi connectivity index (χ0v) is 16.5. The van der Waals surface area contributed by atoms with Gasteiger partial charge in [0.2, 0.25) is 5.82 Å². The van der Waals surface area contributed by atoms with Gasteiger partial charge in [0.1, 0.15) is 5.66 Å². The van der Waals surface area contributed by atoms with Crippen LogP contribution in [0.3, 0.4) is 0 Å². The lowest BCUT2D eigenvalue weighted by Gasteiger charge is -2.39. The summed E-state index contributed by atoms with van der Waals surface area (Å²) in [5, 5.41) is 15.2. The van der Waals surface area contributed by atoms with Gasteiger partial charge in [-0.2, -0.15) is 4.48 Å². The highest BCUT2D eigenvalue weighted by Crippen LogP contribution is 2.37. The fraction of sp³-hybridized carbons (Fsp3) is 0.722. The summed E-state index contributed by atoms with van der Waals surface area (Å²) in [4.78, 5) is 38.3. The lowest BCUT2D eigenvalue weighted by molar-refractivity contribution is -0.818. The van der Waals surface area contributed by atoms with E-state index in [1.54, 1.807) is 13.8 Å². The van der Waals surface area contributed by atoms with Crippen LogP contribution in [0.4, 0.5) is 9.59 Å². The fourth-order valence-electron chi connectivity index (χ4n) is 3.50. The first-order valence-electron chi connectivity index (χ1n) is 9.21. The molecule has 3 N–H and O–H groups in total.